The van der Waals surface area contributed by atoms with E-state index in [1.54, 1.807) is 0 Å². The second-order valence-electron chi connectivity index (χ2n) is 3.59. The Morgan fingerprint density at radius 2 is 1.93 bits per heavy atom. The molecule has 0 saturated heterocycles. The van der Waals surface area contributed by atoms with E-state index in [2.05, 4.69) is 54.1 Å². The fourth-order valence-electron chi connectivity index (χ4n) is 1.50. The standard InChI is InChI=1S/C12H14N2/c1-10-3-5-12(6-4-10)14-9-13-8-7-11(14)2/h3-9,11H,1-2H3. The SMILES string of the molecule is Cc1ccc(N2C=NC=CC2C)cc1. The van der Waals surface area contributed by atoms with Crippen molar-refractivity contribution in [2.45, 2.75) is 19.9 Å². The lowest BCUT2D eigenvalue weighted by molar-refractivity contribution is 0.881. The lowest BCUT2D eigenvalue weighted by atomic mass is 10.2. The Morgan fingerprint density at radius 1 is 1.21 bits per heavy atom. The Labute approximate surface area is 84.6 Å². The number of hydrogen-bond acceptors (Lipinski definition) is 2. The average Bonchev–Trinajstić information content (AvgIpc) is 2.20. The van der Waals surface area contributed by atoms with Crippen molar-refractivity contribution >= 4 is 12.0 Å². The van der Waals surface area contributed by atoms with Gasteiger partial charge in [-0.3, -0.25) is 0 Å². The molecular formula is C12H14N2. The Bertz CT molecular complexity index is 362. The number of anilines is 1. The summed E-state index contributed by atoms with van der Waals surface area (Å²) in [6, 6.07) is 8.87. The second-order valence-corrected chi connectivity index (χ2v) is 3.59. The third kappa shape index (κ3) is 1.69. The molecule has 14 heavy (non-hydrogen) atoms. The summed E-state index contributed by atoms with van der Waals surface area (Å²) in [5, 5.41) is 0. The molecule has 0 spiro atoms. The Balaban J connectivity index is 2.27. The molecular weight excluding hydrogens is 172 g/mol. The van der Waals surface area contributed by atoms with E-state index in [-0.39, 0.29) is 0 Å². The van der Waals surface area contributed by atoms with Crippen molar-refractivity contribution in [1.82, 2.24) is 0 Å². The molecule has 1 aromatic carbocycles. The monoisotopic (exact) mass is 186 g/mol. The largest absolute Gasteiger partial charge is 0.326 e. The van der Waals surface area contributed by atoms with Crippen LogP contribution in [0.4, 0.5) is 5.69 Å². The molecule has 0 aromatic heterocycles. The van der Waals surface area contributed by atoms with Crippen molar-refractivity contribution in [1.29, 1.82) is 0 Å². The Kier molecular flexibility index (Phi) is 2.35. The van der Waals surface area contributed by atoms with Gasteiger partial charge >= 0.3 is 0 Å². The van der Waals surface area contributed by atoms with Crippen LogP contribution in [0.1, 0.15) is 12.5 Å². The molecule has 0 amide bonds. The Morgan fingerprint density at radius 3 is 2.57 bits per heavy atom. The van der Waals surface area contributed by atoms with Gasteiger partial charge in [-0.25, -0.2) is 4.99 Å². The van der Waals surface area contributed by atoms with Gasteiger partial charge < -0.3 is 4.90 Å². The smallest absolute Gasteiger partial charge is 0.0954 e. The van der Waals surface area contributed by atoms with Gasteiger partial charge in [-0.2, -0.15) is 0 Å². The molecule has 1 unspecified atom stereocenters. The molecule has 0 fully saturated rings. The molecule has 0 N–H and O–H groups in total. The molecule has 0 aliphatic carbocycles. The molecule has 0 radical (unpaired) electrons. The minimum absolute atomic E-state index is 0.384. The maximum atomic E-state index is 4.13. The lowest BCUT2D eigenvalue weighted by Crippen LogP contribution is -2.31. The molecule has 1 aliphatic rings. The van der Waals surface area contributed by atoms with Gasteiger partial charge in [-0.1, -0.05) is 17.7 Å². The van der Waals surface area contributed by atoms with Gasteiger partial charge in [0.15, 0.2) is 0 Å². The minimum Gasteiger partial charge on any atom is -0.326 e. The minimum atomic E-state index is 0.384. The highest BCUT2D eigenvalue weighted by atomic mass is 15.2. The van der Waals surface area contributed by atoms with Crippen molar-refractivity contribution in [2.24, 2.45) is 4.99 Å². The van der Waals surface area contributed by atoms with Crippen LogP contribution in [0, 0.1) is 6.92 Å². The first-order valence-corrected chi connectivity index (χ1v) is 4.82. The highest BCUT2D eigenvalue weighted by Gasteiger charge is 2.11. The lowest BCUT2D eigenvalue weighted by Gasteiger charge is -2.26. The zero-order valence-corrected chi connectivity index (χ0v) is 8.51. The highest BCUT2D eigenvalue weighted by Crippen LogP contribution is 2.18. The predicted octanol–water partition coefficient (Wildman–Crippen LogP) is 2.75. The van der Waals surface area contributed by atoms with Crippen molar-refractivity contribution < 1.29 is 0 Å². The van der Waals surface area contributed by atoms with Gasteiger partial charge in [0.05, 0.1) is 12.4 Å². The molecule has 2 nitrogen and oxygen atoms in total. The topological polar surface area (TPSA) is 15.6 Å². The van der Waals surface area contributed by atoms with Crippen LogP contribution in [-0.4, -0.2) is 12.4 Å². The van der Waals surface area contributed by atoms with Gasteiger partial charge in [-0.15, -0.1) is 0 Å². The van der Waals surface area contributed by atoms with Crippen LogP contribution in [-0.2, 0) is 0 Å². The fourth-order valence-corrected chi connectivity index (χ4v) is 1.50. The van der Waals surface area contributed by atoms with E-state index in [0.717, 1.165) is 0 Å². The van der Waals surface area contributed by atoms with Crippen LogP contribution in [0.3, 0.4) is 0 Å². The molecule has 72 valence electrons. The summed E-state index contributed by atoms with van der Waals surface area (Å²) in [6.07, 6.45) is 5.80. The van der Waals surface area contributed by atoms with E-state index in [1.165, 1.54) is 11.3 Å². The summed E-state index contributed by atoms with van der Waals surface area (Å²) in [6.45, 7) is 4.25. The number of hydrogen-bond donors (Lipinski definition) is 0. The number of aliphatic imine (C=N–C) groups is 1. The maximum Gasteiger partial charge on any atom is 0.0954 e. The van der Waals surface area contributed by atoms with Gasteiger partial charge in [0.2, 0.25) is 0 Å². The first-order chi connectivity index (χ1) is 6.77. The van der Waals surface area contributed by atoms with E-state index in [4.69, 9.17) is 0 Å². The maximum absolute atomic E-state index is 4.13. The Hall–Kier alpha value is -1.57. The van der Waals surface area contributed by atoms with E-state index >= 15 is 0 Å². The molecule has 2 heteroatoms. The van der Waals surface area contributed by atoms with Gasteiger partial charge in [0.25, 0.3) is 0 Å². The van der Waals surface area contributed by atoms with Crippen LogP contribution < -0.4 is 4.90 Å². The van der Waals surface area contributed by atoms with E-state index < -0.39 is 0 Å². The van der Waals surface area contributed by atoms with Crippen LogP contribution >= 0.6 is 0 Å². The first kappa shape index (κ1) is 9.00. The number of benzene rings is 1. The highest BCUT2D eigenvalue weighted by molar-refractivity contribution is 5.81. The van der Waals surface area contributed by atoms with Crippen molar-refractivity contribution in [3.05, 3.63) is 42.1 Å². The van der Waals surface area contributed by atoms with Gasteiger partial charge in [-0.05, 0) is 32.1 Å². The summed E-state index contributed by atoms with van der Waals surface area (Å²) < 4.78 is 0. The molecule has 1 heterocycles. The molecule has 0 saturated carbocycles. The molecule has 1 atom stereocenters. The molecule has 0 bridgehead atoms. The van der Waals surface area contributed by atoms with E-state index in [0.29, 0.717) is 6.04 Å². The normalized spacial score (nSPS) is 20.1. The number of nitrogens with zero attached hydrogens (tertiary/aromatic N) is 2. The molecule has 1 aliphatic heterocycles. The summed E-state index contributed by atoms with van der Waals surface area (Å²) >= 11 is 0. The van der Waals surface area contributed by atoms with Gasteiger partial charge in [0.1, 0.15) is 0 Å². The average molecular weight is 186 g/mol. The first-order valence-electron chi connectivity index (χ1n) is 4.82. The summed E-state index contributed by atoms with van der Waals surface area (Å²) in [5.74, 6) is 0. The van der Waals surface area contributed by atoms with Crippen LogP contribution in [0.25, 0.3) is 0 Å². The zero-order valence-electron chi connectivity index (χ0n) is 8.51. The van der Waals surface area contributed by atoms with Crippen molar-refractivity contribution in [2.75, 3.05) is 4.90 Å². The van der Waals surface area contributed by atoms with E-state index in [1.807, 2.05) is 12.5 Å². The van der Waals surface area contributed by atoms with E-state index in [9.17, 15) is 0 Å². The van der Waals surface area contributed by atoms with Crippen molar-refractivity contribution in [3.8, 4) is 0 Å². The third-order valence-corrected chi connectivity index (χ3v) is 2.41. The van der Waals surface area contributed by atoms with Gasteiger partial charge in [0, 0.05) is 11.9 Å². The predicted molar refractivity (Wildman–Crippen MR) is 60.8 cm³/mol. The van der Waals surface area contributed by atoms with Crippen LogP contribution in [0.5, 0.6) is 0 Å². The summed E-state index contributed by atoms with van der Waals surface area (Å²) in [4.78, 5) is 6.28. The summed E-state index contributed by atoms with van der Waals surface area (Å²) in [5.41, 5.74) is 2.47. The number of rotatable bonds is 1. The van der Waals surface area contributed by atoms with Crippen LogP contribution in [0.15, 0.2) is 41.5 Å². The van der Waals surface area contributed by atoms with Crippen LogP contribution in [0.2, 0.25) is 0 Å². The number of aryl methyl sites for hydroxylation is 1. The fraction of sp³-hybridized carbons (Fsp3) is 0.250. The zero-order chi connectivity index (χ0) is 9.97. The van der Waals surface area contributed by atoms with Crippen molar-refractivity contribution in [3.63, 3.8) is 0 Å². The quantitative estimate of drug-likeness (QED) is 0.658. The summed E-state index contributed by atoms with van der Waals surface area (Å²) in [7, 11) is 0. The second kappa shape index (κ2) is 3.66. The third-order valence-electron chi connectivity index (χ3n) is 2.41. The molecule has 1 aromatic rings. The molecule has 2 rings (SSSR count).